The molecule has 128 valence electrons. The summed E-state index contributed by atoms with van der Waals surface area (Å²) in [5.74, 6) is 0.881. The second-order valence-corrected chi connectivity index (χ2v) is 8.00. The van der Waals surface area contributed by atoms with E-state index in [9.17, 15) is 0 Å². The first-order valence-electron chi connectivity index (χ1n) is 9.99. The van der Waals surface area contributed by atoms with Crippen LogP contribution in [0.4, 0.5) is 0 Å². The molecule has 0 bridgehead atoms. The zero-order valence-electron chi connectivity index (χ0n) is 14.7. The van der Waals surface area contributed by atoms with E-state index in [-0.39, 0.29) is 0 Å². The molecular formula is C19H37N3. The van der Waals surface area contributed by atoms with E-state index in [4.69, 9.17) is 0 Å². The summed E-state index contributed by atoms with van der Waals surface area (Å²) in [5.41, 5.74) is 0. The van der Waals surface area contributed by atoms with Gasteiger partial charge in [0, 0.05) is 25.2 Å². The predicted octanol–water partition coefficient (Wildman–Crippen LogP) is 3.11. The van der Waals surface area contributed by atoms with Gasteiger partial charge in [-0.3, -0.25) is 4.90 Å². The third-order valence-corrected chi connectivity index (χ3v) is 6.42. The van der Waals surface area contributed by atoms with Gasteiger partial charge in [0.15, 0.2) is 0 Å². The van der Waals surface area contributed by atoms with Gasteiger partial charge >= 0.3 is 0 Å². The fourth-order valence-corrected chi connectivity index (χ4v) is 5.00. The Bertz CT molecular complexity index is 306. The number of likely N-dealkylation sites (tertiary alicyclic amines) is 1. The Morgan fingerprint density at radius 3 is 2.32 bits per heavy atom. The van der Waals surface area contributed by atoms with E-state index < -0.39 is 0 Å². The van der Waals surface area contributed by atoms with Crippen molar-refractivity contribution in [3.05, 3.63) is 0 Å². The van der Waals surface area contributed by atoms with Gasteiger partial charge in [-0.1, -0.05) is 32.1 Å². The maximum absolute atomic E-state index is 3.68. The monoisotopic (exact) mass is 307 g/mol. The zero-order valence-corrected chi connectivity index (χ0v) is 14.7. The maximum atomic E-state index is 3.68. The van der Waals surface area contributed by atoms with E-state index in [1.165, 1.54) is 96.9 Å². The predicted molar refractivity (Wildman–Crippen MR) is 94.3 cm³/mol. The fourth-order valence-electron chi connectivity index (χ4n) is 5.00. The first-order chi connectivity index (χ1) is 10.8. The van der Waals surface area contributed by atoms with Crippen LogP contribution < -0.4 is 5.32 Å². The smallest absolute Gasteiger partial charge is 0.0261 e. The summed E-state index contributed by atoms with van der Waals surface area (Å²) in [5, 5.41) is 3.68. The van der Waals surface area contributed by atoms with Crippen LogP contribution in [0, 0.1) is 5.92 Å². The average molecular weight is 308 g/mol. The molecule has 3 nitrogen and oxygen atoms in total. The highest BCUT2D eigenvalue weighted by Gasteiger charge is 2.32. The number of hydrogen-bond donors (Lipinski definition) is 1. The van der Waals surface area contributed by atoms with Crippen LogP contribution >= 0.6 is 0 Å². The topological polar surface area (TPSA) is 18.5 Å². The first-order valence-corrected chi connectivity index (χ1v) is 9.99. The van der Waals surface area contributed by atoms with E-state index in [0.717, 1.165) is 18.0 Å². The third kappa shape index (κ3) is 4.46. The minimum atomic E-state index is 0.790. The van der Waals surface area contributed by atoms with Crippen LogP contribution in [-0.4, -0.2) is 61.7 Å². The largest absolute Gasteiger partial charge is 0.315 e. The Labute approximate surface area is 137 Å². The molecule has 0 aromatic heterocycles. The van der Waals surface area contributed by atoms with Crippen molar-refractivity contribution in [3.63, 3.8) is 0 Å². The van der Waals surface area contributed by atoms with Crippen LogP contribution in [0.5, 0.6) is 0 Å². The molecule has 3 rings (SSSR count). The van der Waals surface area contributed by atoms with Gasteiger partial charge in [-0.2, -0.15) is 0 Å². The van der Waals surface area contributed by atoms with Crippen LogP contribution in [0.3, 0.4) is 0 Å². The lowest BCUT2D eigenvalue weighted by molar-refractivity contribution is 0.0761. The molecule has 3 fully saturated rings. The highest BCUT2D eigenvalue weighted by molar-refractivity contribution is 4.89. The van der Waals surface area contributed by atoms with Gasteiger partial charge in [-0.15, -0.1) is 0 Å². The quantitative estimate of drug-likeness (QED) is 0.861. The molecule has 2 saturated heterocycles. The summed E-state index contributed by atoms with van der Waals surface area (Å²) in [4.78, 5) is 5.55. The van der Waals surface area contributed by atoms with Crippen molar-refractivity contribution in [3.8, 4) is 0 Å². The van der Waals surface area contributed by atoms with E-state index in [1.54, 1.807) is 0 Å². The standard InChI is InChI=1S/C19H37N3/c1-21(18-9-5-4-6-10-18)16-17-11-12-20-15-19(17)22-13-7-2-3-8-14-22/h17-20H,2-16H2,1H3. The fraction of sp³-hybridized carbons (Fsp3) is 1.00. The average Bonchev–Trinajstić information content (AvgIpc) is 2.85. The lowest BCUT2D eigenvalue weighted by atomic mass is 9.88. The van der Waals surface area contributed by atoms with Crippen LogP contribution in [0.2, 0.25) is 0 Å². The summed E-state index contributed by atoms with van der Waals surface area (Å²) in [6.45, 7) is 6.47. The second-order valence-electron chi connectivity index (χ2n) is 8.00. The molecule has 1 aliphatic carbocycles. The molecule has 2 aliphatic heterocycles. The van der Waals surface area contributed by atoms with Crippen molar-refractivity contribution in [2.45, 2.75) is 76.3 Å². The van der Waals surface area contributed by atoms with Crippen molar-refractivity contribution in [1.82, 2.24) is 15.1 Å². The molecular weight excluding hydrogens is 270 g/mol. The number of piperidine rings is 1. The van der Waals surface area contributed by atoms with E-state index >= 15 is 0 Å². The van der Waals surface area contributed by atoms with Crippen LogP contribution in [-0.2, 0) is 0 Å². The van der Waals surface area contributed by atoms with Gasteiger partial charge in [-0.25, -0.2) is 0 Å². The summed E-state index contributed by atoms with van der Waals surface area (Å²) >= 11 is 0. The first kappa shape index (κ1) is 16.7. The van der Waals surface area contributed by atoms with Crippen molar-refractivity contribution in [2.24, 2.45) is 5.92 Å². The van der Waals surface area contributed by atoms with Crippen LogP contribution in [0.15, 0.2) is 0 Å². The number of hydrogen-bond acceptors (Lipinski definition) is 3. The van der Waals surface area contributed by atoms with Gasteiger partial charge in [0.1, 0.15) is 0 Å². The van der Waals surface area contributed by atoms with Crippen LogP contribution in [0.1, 0.15) is 64.2 Å². The Morgan fingerprint density at radius 1 is 0.909 bits per heavy atom. The van der Waals surface area contributed by atoms with Gasteiger partial charge in [0.2, 0.25) is 0 Å². The van der Waals surface area contributed by atoms with Gasteiger partial charge < -0.3 is 10.2 Å². The molecule has 0 aromatic carbocycles. The van der Waals surface area contributed by atoms with Gasteiger partial charge in [0.25, 0.3) is 0 Å². The summed E-state index contributed by atoms with van der Waals surface area (Å²) in [6, 6.07) is 1.66. The molecule has 0 amide bonds. The summed E-state index contributed by atoms with van der Waals surface area (Å²) in [6.07, 6.45) is 14.4. The lowest BCUT2D eigenvalue weighted by Gasteiger charge is -2.43. The highest BCUT2D eigenvalue weighted by atomic mass is 15.2. The van der Waals surface area contributed by atoms with Gasteiger partial charge in [-0.05, 0) is 64.7 Å². The highest BCUT2D eigenvalue weighted by Crippen LogP contribution is 2.26. The lowest BCUT2D eigenvalue weighted by Crippen LogP contribution is -2.54. The molecule has 3 aliphatic rings. The van der Waals surface area contributed by atoms with E-state index in [1.807, 2.05) is 0 Å². The zero-order chi connectivity index (χ0) is 15.2. The van der Waals surface area contributed by atoms with Crippen molar-refractivity contribution in [1.29, 1.82) is 0 Å². The molecule has 0 spiro atoms. The summed E-state index contributed by atoms with van der Waals surface area (Å²) < 4.78 is 0. The van der Waals surface area contributed by atoms with Crippen LogP contribution in [0.25, 0.3) is 0 Å². The van der Waals surface area contributed by atoms with Crippen molar-refractivity contribution >= 4 is 0 Å². The number of nitrogens with one attached hydrogen (secondary N) is 1. The maximum Gasteiger partial charge on any atom is 0.0261 e. The Kier molecular flexibility index (Phi) is 6.58. The normalized spacial score (nSPS) is 33.0. The number of nitrogens with zero attached hydrogens (tertiary/aromatic N) is 2. The minimum absolute atomic E-state index is 0.790. The molecule has 1 saturated carbocycles. The number of rotatable bonds is 4. The SMILES string of the molecule is CN(CC1CCNCC1N1CCCCCC1)C1CCCCC1. The Morgan fingerprint density at radius 2 is 1.59 bits per heavy atom. The van der Waals surface area contributed by atoms with Crippen molar-refractivity contribution in [2.75, 3.05) is 39.8 Å². The molecule has 2 atom stereocenters. The van der Waals surface area contributed by atoms with Gasteiger partial charge in [0.05, 0.1) is 0 Å². The Hall–Kier alpha value is -0.120. The second kappa shape index (κ2) is 8.65. The molecule has 2 heterocycles. The third-order valence-electron chi connectivity index (χ3n) is 6.42. The molecule has 0 radical (unpaired) electrons. The van der Waals surface area contributed by atoms with E-state index in [0.29, 0.717) is 0 Å². The minimum Gasteiger partial charge on any atom is -0.315 e. The molecule has 22 heavy (non-hydrogen) atoms. The van der Waals surface area contributed by atoms with Crippen molar-refractivity contribution < 1.29 is 0 Å². The molecule has 2 unspecified atom stereocenters. The molecule has 1 N–H and O–H groups in total. The van der Waals surface area contributed by atoms with E-state index in [2.05, 4.69) is 22.2 Å². The summed E-state index contributed by atoms with van der Waals surface area (Å²) in [7, 11) is 2.40. The Balaban J connectivity index is 1.56. The molecule has 3 heteroatoms. The molecule has 0 aromatic rings.